The highest BCUT2D eigenvalue weighted by Crippen LogP contribution is 2.23. The maximum absolute atomic E-state index is 11.7. The number of hydrogen-bond donors (Lipinski definition) is 5. The van der Waals surface area contributed by atoms with Gasteiger partial charge in [0.2, 0.25) is 11.8 Å². The molecule has 0 unspecified atom stereocenters. The van der Waals surface area contributed by atoms with Gasteiger partial charge in [0.1, 0.15) is 5.82 Å². The summed E-state index contributed by atoms with van der Waals surface area (Å²) in [7, 11) is 0. The predicted octanol–water partition coefficient (Wildman–Crippen LogP) is 1.93. The van der Waals surface area contributed by atoms with Crippen molar-refractivity contribution in [3.8, 4) is 11.6 Å². The third kappa shape index (κ3) is 4.03. The maximum Gasteiger partial charge on any atom is 0.333 e. The standard InChI is InChI=1S/C16H18BrN7O2/c17-12-8-20-15(23-14(12)19-7-1-6-18)22-10-2-4-11(5-3-10)24-13(25)9-21-16(24)26/h2-5,8-9,25H,1,6-7,18H2,(H,21,26)(H2,19,20,22,23). The second-order valence-electron chi connectivity index (χ2n) is 5.42. The summed E-state index contributed by atoms with van der Waals surface area (Å²) in [6, 6.07) is 6.94. The van der Waals surface area contributed by atoms with Crippen molar-refractivity contribution in [1.82, 2.24) is 19.5 Å². The lowest BCUT2D eigenvalue weighted by Crippen LogP contribution is -2.14. The fourth-order valence-corrected chi connectivity index (χ4v) is 2.62. The Morgan fingerprint density at radius 1 is 1.31 bits per heavy atom. The molecule has 0 aliphatic heterocycles. The molecular formula is C16H18BrN7O2. The molecule has 0 saturated heterocycles. The van der Waals surface area contributed by atoms with Crippen LogP contribution in [0.4, 0.5) is 17.5 Å². The van der Waals surface area contributed by atoms with Crippen LogP contribution in [-0.4, -0.2) is 37.7 Å². The molecule has 0 fully saturated rings. The first-order valence-corrected chi connectivity index (χ1v) is 8.71. The zero-order valence-electron chi connectivity index (χ0n) is 13.7. The Hall–Kier alpha value is -2.85. The van der Waals surface area contributed by atoms with Gasteiger partial charge in [-0.1, -0.05) is 0 Å². The van der Waals surface area contributed by atoms with Crippen LogP contribution in [0.15, 0.2) is 45.9 Å². The molecule has 2 heterocycles. The number of aromatic hydroxyl groups is 1. The molecule has 0 radical (unpaired) electrons. The summed E-state index contributed by atoms with van der Waals surface area (Å²) >= 11 is 3.41. The number of hydrogen-bond acceptors (Lipinski definition) is 7. The van der Waals surface area contributed by atoms with Gasteiger partial charge in [-0.05, 0) is 53.2 Å². The minimum absolute atomic E-state index is 0.153. The summed E-state index contributed by atoms with van der Waals surface area (Å²) in [6.45, 7) is 1.32. The van der Waals surface area contributed by atoms with Crippen molar-refractivity contribution in [2.45, 2.75) is 6.42 Å². The number of aromatic nitrogens is 4. The van der Waals surface area contributed by atoms with E-state index >= 15 is 0 Å². The molecule has 0 atom stereocenters. The molecule has 3 aromatic rings. The Balaban J connectivity index is 1.75. The lowest BCUT2D eigenvalue weighted by Gasteiger charge is -2.10. The number of aromatic amines is 1. The average molecular weight is 420 g/mol. The third-order valence-corrected chi connectivity index (χ3v) is 4.14. The first kappa shape index (κ1) is 18.0. The van der Waals surface area contributed by atoms with Gasteiger partial charge in [-0.15, -0.1) is 0 Å². The van der Waals surface area contributed by atoms with Crippen LogP contribution < -0.4 is 22.1 Å². The number of nitrogens with two attached hydrogens (primary N) is 1. The predicted molar refractivity (Wildman–Crippen MR) is 103 cm³/mol. The zero-order valence-corrected chi connectivity index (χ0v) is 15.3. The molecule has 0 aliphatic rings. The van der Waals surface area contributed by atoms with Gasteiger partial charge in [-0.3, -0.25) is 0 Å². The van der Waals surface area contributed by atoms with Crippen LogP contribution >= 0.6 is 15.9 Å². The summed E-state index contributed by atoms with van der Waals surface area (Å²) in [5.41, 5.74) is 6.37. The number of nitrogens with one attached hydrogen (secondary N) is 3. The quantitative estimate of drug-likeness (QED) is 0.369. The van der Waals surface area contributed by atoms with Gasteiger partial charge in [0.05, 0.1) is 16.4 Å². The number of halogens is 1. The Bertz CT molecular complexity index is 937. The van der Waals surface area contributed by atoms with Crippen LogP contribution in [0.1, 0.15) is 6.42 Å². The molecule has 0 amide bonds. The van der Waals surface area contributed by atoms with Crippen LogP contribution in [0.25, 0.3) is 5.69 Å². The van der Waals surface area contributed by atoms with Gasteiger partial charge in [-0.25, -0.2) is 14.3 Å². The first-order valence-electron chi connectivity index (χ1n) is 7.92. The van der Waals surface area contributed by atoms with Gasteiger partial charge in [0, 0.05) is 18.4 Å². The van der Waals surface area contributed by atoms with Crippen molar-refractivity contribution in [3.63, 3.8) is 0 Å². The summed E-state index contributed by atoms with van der Waals surface area (Å²) in [4.78, 5) is 22.8. The smallest absolute Gasteiger partial charge is 0.333 e. The molecule has 1 aromatic carbocycles. The lowest BCUT2D eigenvalue weighted by atomic mass is 10.3. The molecule has 2 aromatic heterocycles. The number of rotatable bonds is 7. The van der Waals surface area contributed by atoms with Gasteiger partial charge in [0.25, 0.3) is 0 Å². The van der Waals surface area contributed by atoms with Crippen LogP contribution in [0.2, 0.25) is 0 Å². The van der Waals surface area contributed by atoms with Crippen molar-refractivity contribution >= 4 is 33.4 Å². The molecule has 136 valence electrons. The minimum atomic E-state index is -0.410. The van der Waals surface area contributed by atoms with E-state index in [2.05, 4.69) is 41.5 Å². The normalized spacial score (nSPS) is 10.7. The molecule has 6 N–H and O–H groups in total. The Morgan fingerprint density at radius 2 is 2.08 bits per heavy atom. The van der Waals surface area contributed by atoms with E-state index in [0.717, 1.165) is 23.1 Å². The van der Waals surface area contributed by atoms with E-state index in [1.54, 1.807) is 30.5 Å². The Kier molecular flexibility index (Phi) is 5.54. The largest absolute Gasteiger partial charge is 0.493 e. The van der Waals surface area contributed by atoms with Gasteiger partial charge >= 0.3 is 5.69 Å². The van der Waals surface area contributed by atoms with E-state index in [0.29, 0.717) is 24.0 Å². The monoisotopic (exact) mass is 419 g/mol. The molecule has 0 spiro atoms. The van der Waals surface area contributed by atoms with E-state index in [1.807, 2.05) is 0 Å². The van der Waals surface area contributed by atoms with Gasteiger partial charge in [0.15, 0.2) is 0 Å². The number of benzene rings is 1. The number of imidazole rings is 1. The van der Waals surface area contributed by atoms with Crippen LogP contribution in [-0.2, 0) is 0 Å². The van der Waals surface area contributed by atoms with Crippen molar-refractivity contribution in [2.24, 2.45) is 5.73 Å². The third-order valence-electron chi connectivity index (χ3n) is 3.56. The average Bonchev–Trinajstić information content (AvgIpc) is 2.97. The Morgan fingerprint density at radius 3 is 2.73 bits per heavy atom. The highest BCUT2D eigenvalue weighted by molar-refractivity contribution is 9.10. The number of nitrogens with zero attached hydrogens (tertiary/aromatic N) is 3. The first-order chi connectivity index (χ1) is 12.6. The highest BCUT2D eigenvalue weighted by atomic mass is 79.9. The highest BCUT2D eigenvalue weighted by Gasteiger charge is 2.08. The number of H-pyrrole nitrogens is 1. The van der Waals surface area contributed by atoms with Crippen LogP contribution in [0, 0.1) is 0 Å². The molecule has 0 saturated carbocycles. The summed E-state index contributed by atoms with van der Waals surface area (Å²) in [5.74, 6) is 0.953. The van der Waals surface area contributed by atoms with Gasteiger partial charge in [-0.2, -0.15) is 4.98 Å². The molecule has 0 aliphatic carbocycles. The van der Waals surface area contributed by atoms with E-state index < -0.39 is 5.69 Å². The number of anilines is 3. The SMILES string of the molecule is NCCCNc1nc(Nc2ccc(-n3c(O)c[nH]c3=O)cc2)ncc1Br. The molecule has 26 heavy (non-hydrogen) atoms. The zero-order chi connectivity index (χ0) is 18.5. The van der Waals surface area contributed by atoms with Crippen LogP contribution in [0.3, 0.4) is 0 Å². The fraction of sp³-hybridized carbons (Fsp3) is 0.188. The second kappa shape index (κ2) is 8.02. The second-order valence-corrected chi connectivity index (χ2v) is 6.27. The van der Waals surface area contributed by atoms with Gasteiger partial charge < -0.3 is 26.5 Å². The van der Waals surface area contributed by atoms with E-state index in [4.69, 9.17) is 5.73 Å². The summed E-state index contributed by atoms with van der Waals surface area (Å²) < 4.78 is 1.93. The van der Waals surface area contributed by atoms with E-state index in [1.165, 1.54) is 10.8 Å². The topological polar surface area (TPSA) is 134 Å². The minimum Gasteiger partial charge on any atom is -0.493 e. The summed E-state index contributed by atoms with van der Waals surface area (Å²) in [5, 5.41) is 16.0. The lowest BCUT2D eigenvalue weighted by molar-refractivity contribution is 0.441. The molecular weight excluding hydrogens is 402 g/mol. The van der Waals surface area contributed by atoms with Crippen molar-refractivity contribution in [2.75, 3.05) is 23.7 Å². The fourth-order valence-electron chi connectivity index (χ4n) is 2.29. The van der Waals surface area contributed by atoms with E-state index in [-0.39, 0.29) is 5.88 Å². The Labute approximate surface area is 157 Å². The molecule has 0 bridgehead atoms. The van der Waals surface area contributed by atoms with Crippen molar-refractivity contribution in [1.29, 1.82) is 0 Å². The van der Waals surface area contributed by atoms with Crippen molar-refractivity contribution in [3.05, 3.63) is 51.6 Å². The molecule has 9 nitrogen and oxygen atoms in total. The van der Waals surface area contributed by atoms with Crippen molar-refractivity contribution < 1.29 is 5.11 Å². The molecule has 3 rings (SSSR count). The maximum atomic E-state index is 11.7. The molecule has 10 heteroatoms. The van der Waals surface area contributed by atoms with E-state index in [9.17, 15) is 9.90 Å². The summed E-state index contributed by atoms with van der Waals surface area (Å²) in [6.07, 6.45) is 3.74. The van der Waals surface area contributed by atoms with Crippen LogP contribution in [0.5, 0.6) is 5.88 Å².